The molecule has 18 heavy (non-hydrogen) atoms. The lowest BCUT2D eigenvalue weighted by molar-refractivity contribution is 0.0491. The van der Waals surface area contributed by atoms with E-state index < -0.39 is 5.60 Å². The molecule has 106 valence electrons. The largest absolute Gasteiger partial charge is 0.389 e. The van der Waals surface area contributed by atoms with Gasteiger partial charge in [0.25, 0.3) is 0 Å². The molecule has 0 amide bonds. The summed E-state index contributed by atoms with van der Waals surface area (Å²) in [5, 5.41) is 9.94. The summed E-state index contributed by atoms with van der Waals surface area (Å²) >= 11 is 0. The molecule has 0 aromatic carbocycles. The van der Waals surface area contributed by atoms with Gasteiger partial charge in [-0.15, -0.1) is 0 Å². The Balaban J connectivity index is 1.71. The highest BCUT2D eigenvalue weighted by Gasteiger charge is 2.29. The van der Waals surface area contributed by atoms with Crippen molar-refractivity contribution in [1.82, 2.24) is 9.80 Å². The van der Waals surface area contributed by atoms with Gasteiger partial charge < -0.3 is 15.7 Å². The van der Waals surface area contributed by atoms with Crippen molar-refractivity contribution in [2.75, 3.05) is 39.3 Å². The van der Waals surface area contributed by atoms with Crippen molar-refractivity contribution in [3.8, 4) is 0 Å². The minimum Gasteiger partial charge on any atom is -0.389 e. The van der Waals surface area contributed by atoms with E-state index in [1.54, 1.807) is 0 Å². The van der Waals surface area contributed by atoms with Crippen LogP contribution in [0.3, 0.4) is 0 Å². The van der Waals surface area contributed by atoms with Crippen molar-refractivity contribution in [3.05, 3.63) is 0 Å². The molecule has 0 spiro atoms. The Labute approximate surface area is 111 Å². The van der Waals surface area contributed by atoms with Gasteiger partial charge in [-0.3, -0.25) is 4.90 Å². The van der Waals surface area contributed by atoms with Crippen LogP contribution in [0.1, 0.15) is 39.0 Å². The van der Waals surface area contributed by atoms with Crippen LogP contribution in [0.5, 0.6) is 0 Å². The minimum absolute atomic E-state index is 0.358. The fraction of sp³-hybridized carbons (Fsp3) is 1.00. The molecule has 0 aliphatic carbocycles. The maximum absolute atomic E-state index is 9.94. The third-order valence-electron chi connectivity index (χ3n) is 4.56. The Hall–Kier alpha value is -0.160. The molecule has 0 saturated carbocycles. The molecule has 2 aliphatic rings. The zero-order valence-electron chi connectivity index (χ0n) is 11.8. The first-order valence-corrected chi connectivity index (χ1v) is 7.49. The summed E-state index contributed by atoms with van der Waals surface area (Å²) < 4.78 is 0. The lowest BCUT2D eigenvalue weighted by atomic mass is 10.0. The zero-order chi connectivity index (χ0) is 13.0. The zero-order valence-corrected chi connectivity index (χ0v) is 11.8. The summed E-state index contributed by atoms with van der Waals surface area (Å²) in [7, 11) is 0. The summed E-state index contributed by atoms with van der Waals surface area (Å²) in [5.74, 6) is 0. The number of hydrogen-bond acceptors (Lipinski definition) is 4. The normalized spacial score (nSPS) is 30.5. The predicted molar refractivity (Wildman–Crippen MR) is 74.6 cm³/mol. The fourth-order valence-corrected chi connectivity index (χ4v) is 3.10. The fourth-order valence-electron chi connectivity index (χ4n) is 3.10. The van der Waals surface area contributed by atoms with E-state index in [-0.39, 0.29) is 0 Å². The number of hydrogen-bond donors (Lipinski definition) is 2. The van der Waals surface area contributed by atoms with Gasteiger partial charge in [-0.05, 0) is 52.2 Å². The first kappa shape index (κ1) is 14.3. The standard InChI is InChI=1S/C14H29N3O/c1-14(18,12-15)6-10-16-9-5-13(11-16)17-7-3-2-4-8-17/h13,18H,2-12,15H2,1H3. The van der Waals surface area contributed by atoms with E-state index in [4.69, 9.17) is 5.73 Å². The summed E-state index contributed by atoms with van der Waals surface area (Å²) in [6, 6.07) is 0.758. The van der Waals surface area contributed by atoms with Crippen molar-refractivity contribution in [3.63, 3.8) is 0 Å². The SMILES string of the molecule is CC(O)(CN)CCN1CCC(N2CCCCC2)C1. The summed E-state index contributed by atoms with van der Waals surface area (Å²) in [4.78, 5) is 5.16. The van der Waals surface area contributed by atoms with Crippen LogP contribution in [-0.2, 0) is 0 Å². The monoisotopic (exact) mass is 255 g/mol. The molecular formula is C14H29N3O. The molecule has 2 saturated heterocycles. The topological polar surface area (TPSA) is 52.7 Å². The average Bonchev–Trinajstić information content (AvgIpc) is 2.86. The van der Waals surface area contributed by atoms with Gasteiger partial charge in [-0.1, -0.05) is 6.42 Å². The van der Waals surface area contributed by atoms with Gasteiger partial charge in [-0.2, -0.15) is 0 Å². The van der Waals surface area contributed by atoms with Crippen LogP contribution in [0.4, 0.5) is 0 Å². The molecule has 2 fully saturated rings. The van der Waals surface area contributed by atoms with E-state index in [9.17, 15) is 5.11 Å². The van der Waals surface area contributed by atoms with Crippen LogP contribution in [0, 0.1) is 0 Å². The van der Waals surface area contributed by atoms with E-state index in [1.807, 2.05) is 6.92 Å². The Morgan fingerprint density at radius 1 is 1.22 bits per heavy atom. The Morgan fingerprint density at radius 2 is 1.94 bits per heavy atom. The second-order valence-corrected chi connectivity index (χ2v) is 6.29. The molecule has 2 aliphatic heterocycles. The number of nitrogens with two attached hydrogens (primary N) is 1. The third-order valence-corrected chi connectivity index (χ3v) is 4.56. The van der Waals surface area contributed by atoms with Gasteiger partial charge in [-0.25, -0.2) is 0 Å². The molecule has 0 radical (unpaired) electrons. The van der Waals surface area contributed by atoms with E-state index in [0.29, 0.717) is 6.54 Å². The van der Waals surface area contributed by atoms with E-state index in [2.05, 4.69) is 9.80 Å². The molecule has 2 rings (SSSR count). The average molecular weight is 255 g/mol. The second kappa shape index (κ2) is 6.33. The quantitative estimate of drug-likeness (QED) is 0.757. The molecule has 0 aromatic heterocycles. The van der Waals surface area contributed by atoms with E-state index in [0.717, 1.165) is 19.0 Å². The van der Waals surface area contributed by atoms with Crippen LogP contribution < -0.4 is 5.73 Å². The molecule has 2 heterocycles. The van der Waals surface area contributed by atoms with Gasteiger partial charge in [0.15, 0.2) is 0 Å². The highest BCUT2D eigenvalue weighted by molar-refractivity contribution is 4.86. The number of piperidine rings is 1. The molecule has 0 aromatic rings. The van der Waals surface area contributed by atoms with Crippen molar-refractivity contribution in [2.24, 2.45) is 5.73 Å². The lowest BCUT2D eigenvalue weighted by Crippen LogP contribution is -2.42. The third kappa shape index (κ3) is 3.92. The van der Waals surface area contributed by atoms with Crippen LogP contribution in [0.2, 0.25) is 0 Å². The van der Waals surface area contributed by atoms with Gasteiger partial charge in [0.2, 0.25) is 0 Å². The Bertz CT molecular complexity index is 251. The van der Waals surface area contributed by atoms with E-state index >= 15 is 0 Å². The highest BCUT2D eigenvalue weighted by atomic mass is 16.3. The van der Waals surface area contributed by atoms with Gasteiger partial charge >= 0.3 is 0 Å². The van der Waals surface area contributed by atoms with Crippen molar-refractivity contribution >= 4 is 0 Å². The molecule has 0 bridgehead atoms. The van der Waals surface area contributed by atoms with Gasteiger partial charge in [0.05, 0.1) is 5.60 Å². The maximum atomic E-state index is 9.94. The maximum Gasteiger partial charge on any atom is 0.0753 e. The van der Waals surface area contributed by atoms with Crippen LogP contribution in [0.25, 0.3) is 0 Å². The second-order valence-electron chi connectivity index (χ2n) is 6.29. The number of likely N-dealkylation sites (tertiary alicyclic amines) is 2. The predicted octanol–water partition coefficient (Wildman–Crippen LogP) is 0.646. The minimum atomic E-state index is -0.691. The number of rotatable bonds is 5. The summed E-state index contributed by atoms with van der Waals surface area (Å²) in [6.07, 6.45) is 6.24. The Kier molecular flexibility index (Phi) is 5.01. The number of nitrogens with zero attached hydrogens (tertiary/aromatic N) is 2. The molecular weight excluding hydrogens is 226 g/mol. The summed E-state index contributed by atoms with van der Waals surface area (Å²) in [5.41, 5.74) is 4.87. The van der Waals surface area contributed by atoms with Crippen LogP contribution in [-0.4, -0.2) is 65.8 Å². The molecule has 2 atom stereocenters. The smallest absolute Gasteiger partial charge is 0.0753 e. The summed E-state index contributed by atoms with van der Waals surface area (Å²) in [6.45, 7) is 8.12. The molecule has 4 nitrogen and oxygen atoms in total. The van der Waals surface area contributed by atoms with Gasteiger partial charge in [0.1, 0.15) is 0 Å². The van der Waals surface area contributed by atoms with Crippen molar-refractivity contribution < 1.29 is 5.11 Å². The van der Waals surface area contributed by atoms with E-state index in [1.165, 1.54) is 51.9 Å². The highest BCUT2D eigenvalue weighted by Crippen LogP contribution is 2.21. The Morgan fingerprint density at radius 3 is 2.61 bits per heavy atom. The van der Waals surface area contributed by atoms with Crippen molar-refractivity contribution in [1.29, 1.82) is 0 Å². The first-order chi connectivity index (χ1) is 8.61. The van der Waals surface area contributed by atoms with Crippen LogP contribution in [0.15, 0.2) is 0 Å². The van der Waals surface area contributed by atoms with Crippen molar-refractivity contribution in [2.45, 2.75) is 50.7 Å². The number of aliphatic hydroxyl groups is 1. The van der Waals surface area contributed by atoms with Gasteiger partial charge in [0, 0.05) is 25.7 Å². The molecule has 3 N–H and O–H groups in total. The lowest BCUT2D eigenvalue weighted by Gasteiger charge is -2.32. The molecule has 2 unspecified atom stereocenters. The molecule has 4 heteroatoms. The van der Waals surface area contributed by atoms with Crippen LogP contribution >= 0.6 is 0 Å². The first-order valence-electron chi connectivity index (χ1n) is 7.49.